The minimum absolute atomic E-state index is 0.0559. The molecule has 0 aliphatic carbocycles. The lowest BCUT2D eigenvalue weighted by molar-refractivity contribution is -0.140. The summed E-state index contributed by atoms with van der Waals surface area (Å²) in [5.74, 6) is 0.376. The minimum Gasteiger partial charge on any atom is -0.484 e. The van der Waals surface area contributed by atoms with E-state index in [9.17, 15) is 9.59 Å². The number of carbonyl (C=O) groups is 2. The second kappa shape index (κ2) is 5.79. The molecule has 3 aliphatic heterocycles. The molecule has 6 nitrogen and oxygen atoms in total. The molecule has 0 unspecified atom stereocenters. The van der Waals surface area contributed by atoms with Gasteiger partial charge in [-0.2, -0.15) is 0 Å². The normalized spacial score (nSPS) is 28.2. The highest BCUT2D eigenvalue weighted by Crippen LogP contribution is 2.45. The number of likely N-dealkylation sites (tertiary alicyclic amines) is 1. The van der Waals surface area contributed by atoms with Crippen LogP contribution in [0.25, 0.3) is 0 Å². The third kappa shape index (κ3) is 2.36. The van der Waals surface area contributed by atoms with Gasteiger partial charge in [0.2, 0.25) is 5.91 Å². The number of carbonyl (C=O) groups excluding carboxylic acids is 2. The van der Waals surface area contributed by atoms with E-state index in [0.717, 1.165) is 0 Å². The maximum absolute atomic E-state index is 12.6. The molecule has 3 saturated heterocycles. The molecule has 3 heterocycles. The van der Waals surface area contributed by atoms with Gasteiger partial charge in [0, 0.05) is 25.6 Å². The topological polar surface area (TPSA) is 59.1 Å². The number of hydrogen-bond acceptors (Lipinski definition) is 4. The molecule has 1 spiro atoms. The molecule has 1 aromatic carbocycles. The van der Waals surface area contributed by atoms with Gasteiger partial charge < -0.3 is 19.3 Å². The second-order valence-corrected chi connectivity index (χ2v) is 6.97. The molecule has 0 saturated carbocycles. The Balaban J connectivity index is 1.44. The van der Waals surface area contributed by atoms with E-state index in [0.29, 0.717) is 48.3 Å². The molecule has 0 bridgehead atoms. The summed E-state index contributed by atoms with van der Waals surface area (Å²) in [5, 5.41) is 0.804. The third-order valence-corrected chi connectivity index (χ3v) is 5.71. The summed E-state index contributed by atoms with van der Waals surface area (Å²) in [6, 6.07) is 4.63. The van der Waals surface area contributed by atoms with Crippen LogP contribution in [0.5, 0.6) is 5.75 Å². The van der Waals surface area contributed by atoms with E-state index in [2.05, 4.69) is 0 Å². The summed E-state index contributed by atoms with van der Waals surface area (Å²) < 4.78 is 11.4. The Kier molecular flexibility index (Phi) is 3.86. The van der Waals surface area contributed by atoms with Crippen LogP contribution in [0, 0.1) is 0 Å². The highest BCUT2D eigenvalue weighted by Gasteiger charge is 2.62. The molecule has 24 heavy (non-hydrogen) atoms. The molecule has 4 rings (SSSR count). The van der Waals surface area contributed by atoms with Gasteiger partial charge in [0.25, 0.3) is 5.91 Å². The van der Waals surface area contributed by atoms with Gasteiger partial charge in [-0.1, -0.05) is 23.2 Å². The van der Waals surface area contributed by atoms with E-state index in [4.69, 9.17) is 32.7 Å². The lowest BCUT2D eigenvalue weighted by Gasteiger charge is -2.31. The first kappa shape index (κ1) is 16.0. The van der Waals surface area contributed by atoms with Crippen molar-refractivity contribution in [2.45, 2.75) is 24.6 Å². The summed E-state index contributed by atoms with van der Waals surface area (Å²) >= 11 is 11.8. The van der Waals surface area contributed by atoms with Crippen LogP contribution in [0.3, 0.4) is 0 Å². The van der Waals surface area contributed by atoms with Gasteiger partial charge in [-0.25, -0.2) is 0 Å². The maximum Gasteiger partial charge on any atom is 0.260 e. The Morgan fingerprint density at radius 1 is 1.33 bits per heavy atom. The predicted octanol–water partition coefficient (Wildman–Crippen LogP) is 1.93. The third-order valence-electron chi connectivity index (χ3n) is 4.97. The SMILES string of the molecule is O=C(COc1ccc(Cl)c(Cl)c1)N1CC[C@@]23OCCN2C(=O)C[C@@H]13. The van der Waals surface area contributed by atoms with Gasteiger partial charge in [-0.15, -0.1) is 0 Å². The first-order valence-electron chi connectivity index (χ1n) is 7.83. The zero-order chi connectivity index (χ0) is 16.9. The quantitative estimate of drug-likeness (QED) is 0.815. The fourth-order valence-corrected chi connectivity index (χ4v) is 4.17. The molecule has 3 aliphatic rings. The largest absolute Gasteiger partial charge is 0.484 e. The van der Waals surface area contributed by atoms with Crippen molar-refractivity contribution in [3.8, 4) is 5.75 Å². The van der Waals surface area contributed by atoms with Crippen LogP contribution >= 0.6 is 23.2 Å². The smallest absolute Gasteiger partial charge is 0.260 e. The van der Waals surface area contributed by atoms with Crippen molar-refractivity contribution in [1.82, 2.24) is 9.80 Å². The molecule has 1 aromatic rings. The van der Waals surface area contributed by atoms with Gasteiger partial charge in [0.05, 0.1) is 29.1 Å². The number of rotatable bonds is 3. The molecular weight excluding hydrogens is 355 g/mol. The number of hydrogen-bond donors (Lipinski definition) is 0. The zero-order valence-corrected chi connectivity index (χ0v) is 14.3. The molecule has 2 amide bonds. The Morgan fingerprint density at radius 3 is 2.96 bits per heavy atom. The van der Waals surface area contributed by atoms with Crippen LogP contribution in [0.1, 0.15) is 12.8 Å². The van der Waals surface area contributed by atoms with Crippen molar-refractivity contribution in [1.29, 1.82) is 0 Å². The van der Waals surface area contributed by atoms with E-state index >= 15 is 0 Å². The van der Waals surface area contributed by atoms with Crippen molar-refractivity contribution in [3.05, 3.63) is 28.2 Å². The highest BCUT2D eigenvalue weighted by molar-refractivity contribution is 6.42. The van der Waals surface area contributed by atoms with E-state index in [1.807, 2.05) is 0 Å². The number of benzene rings is 1. The molecule has 0 N–H and O–H groups in total. The molecule has 0 radical (unpaired) electrons. The summed E-state index contributed by atoms with van der Waals surface area (Å²) in [7, 11) is 0. The molecule has 3 fully saturated rings. The Hall–Kier alpha value is -1.50. The molecule has 8 heteroatoms. The standard InChI is InChI=1S/C16H16Cl2N2O4/c17-11-2-1-10(7-12(11)18)23-9-15(22)19-4-3-16-13(19)8-14(21)20(16)5-6-24-16/h1-2,7,13H,3-6,8-9H2/t13-,16+/m1/s1. The lowest BCUT2D eigenvalue weighted by Crippen LogP contribution is -2.49. The van der Waals surface area contributed by atoms with E-state index in [1.54, 1.807) is 28.0 Å². The first-order chi connectivity index (χ1) is 11.5. The molecule has 128 valence electrons. The number of halogens is 2. The zero-order valence-electron chi connectivity index (χ0n) is 12.8. The van der Waals surface area contributed by atoms with Crippen LogP contribution in [0.2, 0.25) is 10.0 Å². The van der Waals surface area contributed by atoms with E-state index in [1.165, 1.54) is 0 Å². The fourth-order valence-electron chi connectivity index (χ4n) is 3.88. The summed E-state index contributed by atoms with van der Waals surface area (Å²) in [4.78, 5) is 28.2. The monoisotopic (exact) mass is 370 g/mol. The predicted molar refractivity (Wildman–Crippen MR) is 87.1 cm³/mol. The van der Waals surface area contributed by atoms with Gasteiger partial charge in [0.15, 0.2) is 12.3 Å². The van der Waals surface area contributed by atoms with Crippen molar-refractivity contribution in [3.63, 3.8) is 0 Å². The van der Waals surface area contributed by atoms with Crippen LogP contribution < -0.4 is 4.74 Å². The molecule has 0 aromatic heterocycles. The summed E-state index contributed by atoms with van der Waals surface area (Å²) in [6.07, 6.45) is 0.973. The lowest BCUT2D eigenvalue weighted by atomic mass is 10.1. The highest BCUT2D eigenvalue weighted by atomic mass is 35.5. The van der Waals surface area contributed by atoms with Crippen molar-refractivity contribution in [2.75, 3.05) is 26.3 Å². The van der Waals surface area contributed by atoms with Gasteiger partial charge in [-0.3, -0.25) is 9.59 Å². The van der Waals surface area contributed by atoms with E-state index in [-0.39, 0.29) is 24.5 Å². The van der Waals surface area contributed by atoms with Crippen molar-refractivity contribution in [2.24, 2.45) is 0 Å². The van der Waals surface area contributed by atoms with Crippen LogP contribution in [-0.4, -0.2) is 59.7 Å². The molecular formula is C16H16Cl2N2O4. The average molecular weight is 371 g/mol. The summed E-state index contributed by atoms with van der Waals surface area (Å²) in [6.45, 7) is 1.60. The van der Waals surface area contributed by atoms with Crippen LogP contribution in [-0.2, 0) is 14.3 Å². The second-order valence-electron chi connectivity index (χ2n) is 6.16. The number of nitrogens with zero attached hydrogens (tertiary/aromatic N) is 2. The maximum atomic E-state index is 12.6. The minimum atomic E-state index is -0.615. The van der Waals surface area contributed by atoms with Crippen molar-refractivity contribution < 1.29 is 19.1 Å². The number of ether oxygens (including phenoxy) is 2. The fraction of sp³-hybridized carbons (Fsp3) is 0.500. The van der Waals surface area contributed by atoms with Gasteiger partial charge in [0.1, 0.15) is 5.75 Å². The average Bonchev–Trinajstić information content (AvgIpc) is 3.19. The van der Waals surface area contributed by atoms with E-state index < -0.39 is 5.72 Å². The Morgan fingerprint density at radius 2 is 2.17 bits per heavy atom. The number of amides is 2. The van der Waals surface area contributed by atoms with Crippen LogP contribution in [0.15, 0.2) is 18.2 Å². The first-order valence-corrected chi connectivity index (χ1v) is 8.58. The molecule has 2 atom stereocenters. The Bertz CT molecular complexity index is 713. The Labute approximate surface area is 149 Å². The van der Waals surface area contributed by atoms with Gasteiger partial charge >= 0.3 is 0 Å². The van der Waals surface area contributed by atoms with Gasteiger partial charge in [-0.05, 0) is 12.1 Å². The van der Waals surface area contributed by atoms with Crippen molar-refractivity contribution >= 4 is 35.0 Å². The van der Waals surface area contributed by atoms with Crippen LogP contribution in [0.4, 0.5) is 0 Å². The summed E-state index contributed by atoms with van der Waals surface area (Å²) in [5.41, 5.74) is -0.615.